The highest BCUT2D eigenvalue weighted by molar-refractivity contribution is 5.82. The van der Waals surface area contributed by atoms with Gasteiger partial charge in [0.1, 0.15) is 6.61 Å². The highest BCUT2D eigenvalue weighted by atomic mass is 16.6. The van der Waals surface area contributed by atoms with Gasteiger partial charge in [0.25, 0.3) is 5.91 Å². The van der Waals surface area contributed by atoms with Gasteiger partial charge in [0.2, 0.25) is 6.10 Å². The third kappa shape index (κ3) is 2.96. The maximum atomic E-state index is 12.3. The highest BCUT2D eigenvalue weighted by Gasteiger charge is 2.30. The van der Waals surface area contributed by atoms with Gasteiger partial charge in [-0.25, -0.2) is 0 Å². The fourth-order valence-electron chi connectivity index (χ4n) is 1.91. The average molecular weight is 259 g/mol. The molecule has 1 unspecified atom stereocenters. The molecule has 0 saturated carbocycles. The van der Waals surface area contributed by atoms with E-state index in [0.29, 0.717) is 24.6 Å². The number of para-hydroxylation sites is 2. The van der Waals surface area contributed by atoms with Crippen molar-refractivity contribution in [2.24, 2.45) is 0 Å². The summed E-state index contributed by atoms with van der Waals surface area (Å²) in [5.74, 6) is 1.16. The Balaban J connectivity index is 2.08. The van der Waals surface area contributed by atoms with Crippen molar-refractivity contribution in [3.05, 3.63) is 49.6 Å². The molecule has 1 atom stereocenters. The van der Waals surface area contributed by atoms with Crippen LogP contribution in [-0.4, -0.2) is 36.6 Å². The van der Waals surface area contributed by atoms with Crippen molar-refractivity contribution in [3.63, 3.8) is 0 Å². The van der Waals surface area contributed by atoms with E-state index in [0.717, 1.165) is 0 Å². The number of carbonyl (C=O) groups is 1. The van der Waals surface area contributed by atoms with Crippen LogP contribution >= 0.6 is 0 Å². The zero-order chi connectivity index (χ0) is 13.7. The van der Waals surface area contributed by atoms with Crippen LogP contribution in [0.2, 0.25) is 0 Å². The smallest absolute Gasteiger partial charge is 0.267 e. The van der Waals surface area contributed by atoms with Crippen LogP contribution in [-0.2, 0) is 4.79 Å². The standard InChI is InChI=1S/C15H17NO3/c1-3-9-16(10-4-2)15(17)14-11-18-12-7-5-6-8-13(12)19-14/h3-8,14H,1-2,9-11H2. The number of amides is 1. The summed E-state index contributed by atoms with van der Waals surface area (Å²) >= 11 is 0. The maximum absolute atomic E-state index is 12.3. The number of rotatable bonds is 5. The molecule has 0 saturated heterocycles. The van der Waals surface area contributed by atoms with Crippen LogP contribution in [0.1, 0.15) is 0 Å². The van der Waals surface area contributed by atoms with Gasteiger partial charge in [-0.3, -0.25) is 4.79 Å². The lowest BCUT2D eigenvalue weighted by molar-refractivity contribution is -0.140. The molecule has 0 spiro atoms. The largest absolute Gasteiger partial charge is 0.485 e. The molecule has 0 radical (unpaired) electrons. The predicted octanol–water partition coefficient (Wildman–Crippen LogP) is 2.03. The lowest BCUT2D eigenvalue weighted by atomic mass is 10.2. The van der Waals surface area contributed by atoms with E-state index in [9.17, 15) is 4.79 Å². The van der Waals surface area contributed by atoms with E-state index in [1.54, 1.807) is 23.1 Å². The van der Waals surface area contributed by atoms with Gasteiger partial charge in [0.05, 0.1) is 0 Å². The molecule has 19 heavy (non-hydrogen) atoms. The number of carbonyl (C=O) groups excluding carboxylic acids is 1. The summed E-state index contributed by atoms with van der Waals surface area (Å²) < 4.78 is 11.2. The number of hydrogen-bond donors (Lipinski definition) is 0. The van der Waals surface area contributed by atoms with Gasteiger partial charge in [-0.2, -0.15) is 0 Å². The van der Waals surface area contributed by atoms with Crippen LogP contribution in [0.25, 0.3) is 0 Å². The maximum Gasteiger partial charge on any atom is 0.267 e. The molecule has 1 aromatic rings. The Morgan fingerprint density at radius 1 is 1.26 bits per heavy atom. The molecule has 0 aliphatic carbocycles. The van der Waals surface area contributed by atoms with Crippen LogP contribution < -0.4 is 9.47 Å². The Morgan fingerprint density at radius 3 is 2.53 bits per heavy atom. The molecule has 1 aromatic carbocycles. The first kappa shape index (κ1) is 13.2. The number of fused-ring (bicyclic) bond motifs is 1. The van der Waals surface area contributed by atoms with Gasteiger partial charge in [-0.05, 0) is 12.1 Å². The van der Waals surface area contributed by atoms with E-state index in [1.165, 1.54) is 0 Å². The van der Waals surface area contributed by atoms with Crippen molar-refractivity contribution >= 4 is 5.91 Å². The van der Waals surface area contributed by atoms with Crippen LogP contribution in [0.5, 0.6) is 11.5 Å². The van der Waals surface area contributed by atoms with Crippen LogP contribution in [0.4, 0.5) is 0 Å². The normalized spacial score (nSPS) is 16.5. The summed E-state index contributed by atoms with van der Waals surface area (Å²) in [5.41, 5.74) is 0. The van der Waals surface area contributed by atoms with E-state index in [-0.39, 0.29) is 12.5 Å². The SMILES string of the molecule is C=CCN(CC=C)C(=O)C1COc2ccccc2O1. The molecular weight excluding hydrogens is 242 g/mol. The summed E-state index contributed by atoms with van der Waals surface area (Å²) in [7, 11) is 0. The molecule has 0 bridgehead atoms. The fraction of sp³-hybridized carbons (Fsp3) is 0.267. The second-order valence-electron chi connectivity index (χ2n) is 4.18. The quantitative estimate of drug-likeness (QED) is 0.759. The van der Waals surface area contributed by atoms with Crippen molar-refractivity contribution < 1.29 is 14.3 Å². The molecule has 1 heterocycles. The van der Waals surface area contributed by atoms with Crippen molar-refractivity contribution in [2.45, 2.75) is 6.10 Å². The van der Waals surface area contributed by atoms with E-state index < -0.39 is 6.10 Å². The Bertz CT molecular complexity index is 474. The first-order valence-corrected chi connectivity index (χ1v) is 6.15. The van der Waals surface area contributed by atoms with Gasteiger partial charge >= 0.3 is 0 Å². The molecule has 0 aromatic heterocycles. The van der Waals surface area contributed by atoms with Crippen LogP contribution in [0.15, 0.2) is 49.6 Å². The fourth-order valence-corrected chi connectivity index (χ4v) is 1.91. The average Bonchev–Trinajstić information content (AvgIpc) is 2.46. The first-order chi connectivity index (χ1) is 9.26. The Morgan fingerprint density at radius 2 is 1.89 bits per heavy atom. The minimum Gasteiger partial charge on any atom is -0.485 e. The zero-order valence-corrected chi connectivity index (χ0v) is 10.7. The monoisotopic (exact) mass is 259 g/mol. The minimum atomic E-state index is -0.616. The van der Waals surface area contributed by atoms with Crippen LogP contribution in [0, 0.1) is 0 Å². The van der Waals surface area contributed by atoms with Crippen molar-refractivity contribution in [3.8, 4) is 11.5 Å². The van der Waals surface area contributed by atoms with Crippen molar-refractivity contribution in [1.82, 2.24) is 4.90 Å². The van der Waals surface area contributed by atoms with Crippen molar-refractivity contribution in [1.29, 1.82) is 0 Å². The second-order valence-corrected chi connectivity index (χ2v) is 4.18. The molecule has 1 aliphatic rings. The lowest BCUT2D eigenvalue weighted by Gasteiger charge is -2.29. The second kappa shape index (κ2) is 6.09. The molecule has 2 rings (SSSR count). The lowest BCUT2D eigenvalue weighted by Crippen LogP contribution is -2.46. The van der Waals surface area contributed by atoms with E-state index in [2.05, 4.69) is 13.2 Å². The molecule has 4 nitrogen and oxygen atoms in total. The molecule has 1 amide bonds. The third-order valence-corrected chi connectivity index (χ3v) is 2.79. The van der Waals surface area contributed by atoms with E-state index in [1.807, 2.05) is 18.2 Å². The van der Waals surface area contributed by atoms with Gasteiger partial charge in [-0.15, -0.1) is 13.2 Å². The molecule has 4 heteroatoms. The molecular formula is C15H17NO3. The number of nitrogens with zero attached hydrogens (tertiary/aromatic N) is 1. The van der Waals surface area contributed by atoms with E-state index >= 15 is 0 Å². The van der Waals surface area contributed by atoms with Gasteiger partial charge in [0.15, 0.2) is 11.5 Å². The highest BCUT2D eigenvalue weighted by Crippen LogP contribution is 2.31. The topological polar surface area (TPSA) is 38.8 Å². The zero-order valence-electron chi connectivity index (χ0n) is 10.7. The van der Waals surface area contributed by atoms with E-state index in [4.69, 9.17) is 9.47 Å². The summed E-state index contributed by atoms with van der Waals surface area (Å²) in [6.45, 7) is 8.44. The predicted molar refractivity (Wildman–Crippen MR) is 73.3 cm³/mol. The molecule has 0 N–H and O–H groups in total. The molecule has 100 valence electrons. The minimum absolute atomic E-state index is 0.116. The van der Waals surface area contributed by atoms with Gasteiger partial charge < -0.3 is 14.4 Å². The summed E-state index contributed by atoms with van der Waals surface area (Å²) in [5, 5.41) is 0. The third-order valence-electron chi connectivity index (χ3n) is 2.79. The first-order valence-electron chi connectivity index (χ1n) is 6.15. The summed E-state index contributed by atoms with van der Waals surface area (Å²) in [6, 6.07) is 7.33. The molecule has 0 fully saturated rings. The number of ether oxygens (including phenoxy) is 2. The Kier molecular flexibility index (Phi) is 4.23. The number of benzene rings is 1. The summed E-state index contributed by atoms with van der Waals surface area (Å²) in [4.78, 5) is 13.9. The van der Waals surface area contributed by atoms with Crippen LogP contribution in [0.3, 0.4) is 0 Å². The van der Waals surface area contributed by atoms with Gasteiger partial charge in [0, 0.05) is 13.1 Å². The number of hydrogen-bond acceptors (Lipinski definition) is 3. The Hall–Kier alpha value is -2.23. The van der Waals surface area contributed by atoms with Crippen molar-refractivity contribution in [2.75, 3.05) is 19.7 Å². The molecule has 1 aliphatic heterocycles. The Labute approximate surface area is 112 Å². The van der Waals surface area contributed by atoms with Gasteiger partial charge in [-0.1, -0.05) is 24.3 Å². The summed E-state index contributed by atoms with van der Waals surface area (Å²) in [6.07, 6.45) is 2.74.